The molecular formula is C19H25N3O4. The van der Waals surface area contributed by atoms with Crippen LogP contribution < -0.4 is 0 Å². The largest absolute Gasteiger partial charge is 0.481 e. The van der Waals surface area contributed by atoms with E-state index in [2.05, 4.69) is 30.9 Å². The minimum absolute atomic E-state index is 0.0194. The van der Waals surface area contributed by atoms with Crippen LogP contribution in [-0.4, -0.2) is 45.6 Å². The number of amides is 1. The molecule has 0 bridgehead atoms. The average molecular weight is 359 g/mol. The van der Waals surface area contributed by atoms with E-state index in [1.165, 1.54) is 4.90 Å². The minimum atomic E-state index is -0.929. The first-order valence-corrected chi connectivity index (χ1v) is 8.92. The van der Waals surface area contributed by atoms with Gasteiger partial charge in [0.05, 0.1) is 23.1 Å². The quantitative estimate of drug-likeness (QED) is 0.850. The molecule has 1 N–H and O–H groups in total. The second kappa shape index (κ2) is 6.70. The van der Waals surface area contributed by atoms with E-state index in [4.69, 9.17) is 9.63 Å². The van der Waals surface area contributed by atoms with E-state index in [0.29, 0.717) is 29.0 Å². The number of hydrogen-bond donors (Lipinski definition) is 1. The lowest BCUT2D eigenvalue weighted by Gasteiger charge is -2.19. The van der Waals surface area contributed by atoms with Gasteiger partial charge in [-0.15, -0.1) is 0 Å². The number of aromatic nitrogens is 2. The van der Waals surface area contributed by atoms with Crippen LogP contribution in [0.1, 0.15) is 67.7 Å². The maximum absolute atomic E-state index is 13.0. The maximum atomic E-state index is 13.0. The average Bonchev–Trinajstić information content (AvgIpc) is 3.33. The van der Waals surface area contributed by atoms with Gasteiger partial charge in [-0.1, -0.05) is 25.9 Å². The molecular weight excluding hydrogens is 334 g/mol. The first kappa shape index (κ1) is 18.4. The van der Waals surface area contributed by atoms with Crippen molar-refractivity contribution in [3.8, 4) is 0 Å². The summed E-state index contributed by atoms with van der Waals surface area (Å²) in [6.45, 7) is 6.44. The van der Waals surface area contributed by atoms with Crippen LogP contribution in [0.25, 0.3) is 11.1 Å². The van der Waals surface area contributed by atoms with Crippen molar-refractivity contribution in [3.63, 3.8) is 0 Å². The summed E-state index contributed by atoms with van der Waals surface area (Å²) in [6.07, 6.45) is 2.68. The van der Waals surface area contributed by atoms with Crippen molar-refractivity contribution < 1.29 is 19.2 Å². The van der Waals surface area contributed by atoms with E-state index in [1.54, 1.807) is 7.05 Å². The fourth-order valence-electron chi connectivity index (χ4n) is 2.98. The molecule has 2 aromatic heterocycles. The van der Waals surface area contributed by atoms with E-state index in [0.717, 1.165) is 24.2 Å². The molecule has 1 amide bonds. The van der Waals surface area contributed by atoms with Crippen LogP contribution in [0.2, 0.25) is 0 Å². The highest BCUT2D eigenvalue weighted by Crippen LogP contribution is 2.41. The predicted octanol–water partition coefficient (Wildman–Crippen LogP) is 3.24. The summed E-state index contributed by atoms with van der Waals surface area (Å²) >= 11 is 0. The Balaban J connectivity index is 2.03. The number of carboxylic acid groups (broad SMARTS) is 1. The molecule has 1 fully saturated rings. The molecule has 1 saturated carbocycles. The third-order valence-corrected chi connectivity index (χ3v) is 4.47. The number of carboxylic acids is 1. The van der Waals surface area contributed by atoms with Crippen molar-refractivity contribution in [2.45, 2.75) is 52.4 Å². The van der Waals surface area contributed by atoms with Crippen LogP contribution in [0.4, 0.5) is 0 Å². The Morgan fingerprint density at radius 1 is 1.35 bits per heavy atom. The Morgan fingerprint density at radius 3 is 2.62 bits per heavy atom. The van der Waals surface area contributed by atoms with Gasteiger partial charge in [0.2, 0.25) is 0 Å². The Hall–Kier alpha value is -2.44. The summed E-state index contributed by atoms with van der Waals surface area (Å²) in [5, 5.41) is 13.7. The van der Waals surface area contributed by atoms with E-state index in [9.17, 15) is 9.59 Å². The monoisotopic (exact) mass is 359 g/mol. The van der Waals surface area contributed by atoms with Crippen LogP contribution in [0.15, 0.2) is 10.6 Å². The predicted molar refractivity (Wildman–Crippen MR) is 96.2 cm³/mol. The summed E-state index contributed by atoms with van der Waals surface area (Å²) in [7, 11) is 1.62. The molecule has 1 aliphatic carbocycles. The van der Waals surface area contributed by atoms with Crippen molar-refractivity contribution in [2.75, 3.05) is 13.6 Å². The van der Waals surface area contributed by atoms with Gasteiger partial charge in [-0.3, -0.25) is 9.59 Å². The molecule has 26 heavy (non-hydrogen) atoms. The van der Waals surface area contributed by atoms with Crippen molar-refractivity contribution >= 4 is 23.0 Å². The highest BCUT2D eigenvalue weighted by Gasteiger charge is 2.30. The number of nitrogens with zero attached hydrogens (tertiary/aromatic N) is 3. The van der Waals surface area contributed by atoms with Crippen LogP contribution in [0, 0.1) is 5.41 Å². The number of aliphatic carboxylic acids is 1. The first-order chi connectivity index (χ1) is 12.2. The van der Waals surface area contributed by atoms with Crippen LogP contribution in [-0.2, 0) is 11.2 Å². The number of rotatable bonds is 6. The van der Waals surface area contributed by atoms with E-state index >= 15 is 0 Å². The molecule has 7 nitrogen and oxygen atoms in total. The second-order valence-electron chi connectivity index (χ2n) is 8.29. The highest BCUT2D eigenvalue weighted by atomic mass is 16.5. The lowest BCUT2D eigenvalue weighted by molar-refractivity contribution is -0.137. The van der Waals surface area contributed by atoms with Gasteiger partial charge in [0.15, 0.2) is 0 Å². The van der Waals surface area contributed by atoms with Gasteiger partial charge in [0, 0.05) is 25.2 Å². The number of pyridine rings is 1. The Bertz CT molecular complexity index is 846. The van der Waals surface area contributed by atoms with Gasteiger partial charge < -0.3 is 14.5 Å². The van der Waals surface area contributed by atoms with Gasteiger partial charge in [-0.05, 0) is 30.7 Å². The Morgan fingerprint density at radius 2 is 2.04 bits per heavy atom. The lowest BCUT2D eigenvalue weighted by Crippen LogP contribution is -2.29. The molecule has 0 aliphatic heterocycles. The van der Waals surface area contributed by atoms with Crippen molar-refractivity contribution in [2.24, 2.45) is 5.41 Å². The van der Waals surface area contributed by atoms with Crippen molar-refractivity contribution in [3.05, 3.63) is 23.0 Å². The molecule has 0 radical (unpaired) electrons. The summed E-state index contributed by atoms with van der Waals surface area (Å²) in [4.78, 5) is 29.8. The number of fused-ring (bicyclic) bond motifs is 1. The van der Waals surface area contributed by atoms with Crippen LogP contribution in [0.3, 0.4) is 0 Å². The zero-order chi connectivity index (χ0) is 19.1. The van der Waals surface area contributed by atoms with Gasteiger partial charge in [-0.25, -0.2) is 4.98 Å². The third-order valence-electron chi connectivity index (χ3n) is 4.47. The second-order valence-corrected chi connectivity index (χ2v) is 8.29. The molecule has 0 unspecified atom stereocenters. The maximum Gasteiger partial charge on any atom is 0.305 e. The smallest absolute Gasteiger partial charge is 0.305 e. The van der Waals surface area contributed by atoms with E-state index < -0.39 is 5.97 Å². The fraction of sp³-hybridized carbons (Fsp3) is 0.579. The molecule has 0 aromatic carbocycles. The molecule has 2 heterocycles. The SMILES string of the molecule is CN(CCC(=O)O)C(=O)c1cc(C2CC2)nc2onc(CC(C)(C)C)c12. The molecule has 0 saturated heterocycles. The molecule has 2 aromatic rings. The Kier molecular flexibility index (Phi) is 4.73. The number of carbonyl (C=O) groups excluding carboxylic acids is 1. The molecule has 140 valence electrons. The minimum Gasteiger partial charge on any atom is -0.481 e. The first-order valence-electron chi connectivity index (χ1n) is 8.92. The molecule has 0 spiro atoms. The van der Waals surface area contributed by atoms with Gasteiger partial charge in [0.25, 0.3) is 11.6 Å². The topological polar surface area (TPSA) is 96.5 Å². The normalized spacial score (nSPS) is 14.6. The Labute approximate surface area is 152 Å². The zero-order valence-corrected chi connectivity index (χ0v) is 15.7. The standard InChI is InChI=1S/C19H25N3O4/c1-19(2,3)10-14-16-12(18(25)22(4)8-7-15(23)24)9-13(11-5-6-11)20-17(16)26-21-14/h9,11H,5-8,10H2,1-4H3,(H,23,24). The summed E-state index contributed by atoms with van der Waals surface area (Å²) in [5.41, 5.74) is 2.45. The number of hydrogen-bond acceptors (Lipinski definition) is 5. The summed E-state index contributed by atoms with van der Waals surface area (Å²) < 4.78 is 5.46. The molecule has 7 heteroatoms. The summed E-state index contributed by atoms with van der Waals surface area (Å²) in [5.74, 6) is -0.785. The van der Waals surface area contributed by atoms with Gasteiger partial charge in [-0.2, -0.15) is 0 Å². The zero-order valence-electron chi connectivity index (χ0n) is 15.7. The van der Waals surface area contributed by atoms with Crippen LogP contribution in [0.5, 0.6) is 0 Å². The van der Waals surface area contributed by atoms with Gasteiger partial charge in [0.1, 0.15) is 0 Å². The van der Waals surface area contributed by atoms with Crippen molar-refractivity contribution in [1.29, 1.82) is 0 Å². The fourth-order valence-corrected chi connectivity index (χ4v) is 2.98. The molecule has 0 atom stereocenters. The lowest BCUT2D eigenvalue weighted by atomic mass is 9.89. The summed E-state index contributed by atoms with van der Waals surface area (Å²) in [6, 6.07) is 1.84. The van der Waals surface area contributed by atoms with Gasteiger partial charge >= 0.3 is 5.97 Å². The van der Waals surface area contributed by atoms with E-state index in [-0.39, 0.29) is 24.3 Å². The molecule has 1 aliphatic rings. The van der Waals surface area contributed by atoms with E-state index in [1.807, 2.05) is 6.07 Å². The van der Waals surface area contributed by atoms with Crippen LogP contribution >= 0.6 is 0 Å². The molecule has 3 rings (SSSR count). The third kappa shape index (κ3) is 4.03. The number of carbonyl (C=O) groups is 2. The van der Waals surface area contributed by atoms with Crippen molar-refractivity contribution in [1.82, 2.24) is 15.0 Å². The highest BCUT2D eigenvalue weighted by molar-refractivity contribution is 6.06.